The van der Waals surface area contributed by atoms with Gasteiger partial charge in [-0.1, -0.05) is 30.3 Å². The molecule has 2 nitrogen and oxygen atoms in total. The number of esters is 1. The first-order valence-corrected chi connectivity index (χ1v) is 5.12. The highest BCUT2D eigenvalue weighted by Gasteiger charge is 2.36. The van der Waals surface area contributed by atoms with E-state index in [1.165, 1.54) is 12.1 Å². The molecule has 2 aromatic rings. The van der Waals surface area contributed by atoms with Crippen molar-refractivity contribution < 1.29 is 22.7 Å². The topological polar surface area (TPSA) is 26.3 Å². The van der Waals surface area contributed by atoms with Crippen LogP contribution in [-0.4, -0.2) is 13.1 Å². The van der Waals surface area contributed by atoms with Crippen LogP contribution >= 0.6 is 0 Å². The molecule has 0 saturated carbocycles. The van der Waals surface area contributed by atoms with Crippen LogP contribution in [-0.2, 0) is 10.9 Å². The number of alkyl halides is 3. The lowest BCUT2D eigenvalue weighted by atomic mass is 9.98. The van der Waals surface area contributed by atoms with Gasteiger partial charge in [-0.25, -0.2) is 4.79 Å². The highest BCUT2D eigenvalue weighted by atomic mass is 19.4. The van der Waals surface area contributed by atoms with Gasteiger partial charge in [-0.15, -0.1) is 0 Å². The van der Waals surface area contributed by atoms with Crippen LogP contribution in [0.2, 0.25) is 0 Å². The Morgan fingerprint density at radius 2 is 1.78 bits per heavy atom. The van der Waals surface area contributed by atoms with E-state index >= 15 is 0 Å². The van der Waals surface area contributed by atoms with E-state index in [4.69, 9.17) is 0 Å². The Morgan fingerprint density at radius 1 is 1.11 bits per heavy atom. The fourth-order valence-corrected chi connectivity index (χ4v) is 1.83. The van der Waals surface area contributed by atoms with E-state index in [1.807, 2.05) is 0 Å². The fraction of sp³-hybridized carbons (Fsp3) is 0.154. The third-order valence-corrected chi connectivity index (χ3v) is 2.62. The Labute approximate surface area is 101 Å². The maximum Gasteiger partial charge on any atom is 0.417 e. The molecule has 0 aromatic heterocycles. The standard InChI is InChI=1S/C13H9F3O2/c1-18-12(17)11-9-5-3-2-4-8(9)6-7-10(11)13(14,15)16/h2-7H,1H3. The second kappa shape index (κ2) is 4.33. The van der Waals surface area contributed by atoms with E-state index in [2.05, 4.69) is 4.74 Å². The fourth-order valence-electron chi connectivity index (χ4n) is 1.83. The monoisotopic (exact) mass is 254 g/mol. The summed E-state index contributed by atoms with van der Waals surface area (Å²) >= 11 is 0. The van der Waals surface area contributed by atoms with Crippen molar-refractivity contribution in [2.45, 2.75) is 6.18 Å². The summed E-state index contributed by atoms with van der Waals surface area (Å²) in [4.78, 5) is 11.6. The molecule has 0 heterocycles. The van der Waals surface area contributed by atoms with Crippen LogP contribution in [0.25, 0.3) is 10.8 Å². The molecule has 0 aliphatic heterocycles. The zero-order valence-electron chi connectivity index (χ0n) is 9.41. The molecular weight excluding hydrogens is 245 g/mol. The summed E-state index contributed by atoms with van der Waals surface area (Å²) in [5, 5.41) is 0.796. The predicted molar refractivity (Wildman–Crippen MR) is 60.3 cm³/mol. The first-order chi connectivity index (χ1) is 8.45. The first kappa shape index (κ1) is 12.4. The van der Waals surface area contributed by atoms with Crippen LogP contribution in [0, 0.1) is 0 Å². The van der Waals surface area contributed by atoms with Gasteiger partial charge < -0.3 is 4.74 Å². The third kappa shape index (κ3) is 2.03. The summed E-state index contributed by atoms with van der Waals surface area (Å²) < 4.78 is 43.0. The van der Waals surface area contributed by atoms with Crippen molar-refractivity contribution in [3.05, 3.63) is 47.5 Å². The molecule has 0 saturated heterocycles. The van der Waals surface area contributed by atoms with Crippen molar-refractivity contribution >= 4 is 16.7 Å². The average Bonchev–Trinajstić information content (AvgIpc) is 2.35. The van der Waals surface area contributed by atoms with Gasteiger partial charge in [0, 0.05) is 0 Å². The lowest BCUT2D eigenvalue weighted by Gasteiger charge is -2.13. The van der Waals surface area contributed by atoms with Gasteiger partial charge in [0.15, 0.2) is 0 Å². The minimum absolute atomic E-state index is 0.235. The molecule has 0 atom stereocenters. The summed E-state index contributed by atoms with van der Waals surface area (Å²) in [6.07, 6.45) is -4.59. The lowest BCUT2D eigenvalue weighted by molar-refractivity contribution is -0.138. The highest BCUT2D eigenvalue weighted by molar-refractivity contribution is 6.06. The summed E-state index contributed by atoms with van der Waals surface area (Å²) in [6, 6.07) is 8.61. The zero-order chi connectivity index (χ0) is 13.3. The van der Waals surface area contributed by atoms with E-state index in [0.717, 1.165) is 13.2 Å². The molecule has 2 rings (SSSR count). The number of hydrogen-bond donors (Lipinski definition) is 0. The molecule has 0 amide bonds. The Kier molecular flexibility index (Phi) is 2.98. The molecule has 5 heteroatoms. The number of ether oxygens (including phenoxy) is 1. The number of benzene rings is 2. The predicted octanol–water partition coefficient (Wildman–Crippen LogP) is 3.65. The van der Waals surface area contributed by atoms with Gasteiger partial charge in [0.2, 0.25) is 0 Å². The number of fused-ring (bicyclic) bond motifs is 1. The number of carbonyl (C=O) groups excluding carboxylic acids is 1. The number of methoxy groups -OCH3 is 1. The Bertz CT molecular complexity index is 603. The van der Waals surface area contributed by atoms with Crippen LogP contribution in [0.1, 0.15) is 15.9 Å². The molecule has 18 heavy (non-hydrogen) atoms. The minimum Gasteiger partial charge on any atom is -0.465 e. The quantitative estimate of drug-likeness (QED) is 0.726. The molecule has 0 spiro atoms. The Morgan fingerprint density at radius 3 is 2.39 bits per heavy atom. The van der Waals surface area contributed by atoms with Crippen LogP contribution in [0.5, 0.6) is 0 Å². The molecule has 0 unspecified atom stereocenters. The van der Waals surface area contributed by atoms with Gasteiger partial charge in [0.05, 0.1) is 18.2 Å². The van der Waals surface area contributed by atoms with Gasteiger partial charge in [0.25, 0.3) is 0 Å². The zero-order valence-corrected chi connectivity index (χ0v) is 9.41. The van der Waals surface area contributed by atoms with E-state index in [0.29, 0.717) is 5.39 Å². The SMILES string of the molecule is COC(=O)c1c(C(F)(F)F)ccc2ccccc12. The number of halogens is 3. The summed E-state index contributed by atoms with van der Waals surface area (Å²) in [5.41, 5.74) is -1.42. The smallest absolute Gasteiger partial charge is 0.417 e. The second-order valence-electron chi connectivity index (χ2n) is 3.70. The maximum atomic E-state index is 12.9. The number of carbonyl (C=O) groups is 1. The van der Waals surface area contributed by atoms with Crippen molar-refractivity contribution in [2.75, 3.05) is 7.11 Å². The number of rotatable bonds is 1. The van der Waals surface area contributed by atoms with Gasteiger partial charge in [-0.2, -0.15) is 13.2 Å². The molecule has 0 N–H and O–H groups in total. The van der Waals surface area contributed by atoms with E-state index in [1.54, 1.807) is 18.2 Å². The molecule has 94 valence electrons. The van der Waals surface area contributed by atoms with Crippen LogP contribution in [0.3, 0.4) is 0 Å². The summed E-state index contributed by atoms with van der Waals surface area (Å²) in [6.45, 7) is 0. The van der Waals surface area contributed by atoms with Gasteiger partial charge >= 0.3 is 12.1 Å². The largest absolute Gasteiger partial charge is 0.465 e. The highest BCUT2D eigenvalue weighted by Crippen LogP contribution is 2.35. The van der Waals surface area contributed by atoms with Gasteiger partial charge in [-0.05, 0) is 16.8 Å². The van der Waals surface area contributed by atoms with Crippen molar-refractivity contribution in [3.63, 3.8) is 0 Å². The van der Waals surface area contributed by atoms with Crippen LogP contribution in [0.15, 0.2) is 36.4 Å². The summed E-state index contributed by atoms with van der Waals surface area (Å²) in [7, 11) is 1.06. The molecule has 0 radical (unpaired) electrons. The Hall–Kier alpha value is -2.04. The van der Waals surface area contributed by atoms with E-state index in [9.17, 15) is 18.0 Å². The maximum absolute atomic E-state index is 12.9. The number of hydrogen-bond acceptors (Lipinski definition) is 2. The first-order valence-electron chi connectivity index (χ1n) is 5.12. The van der Waals surface area contributed by atoms with Crippen molar-refractivity contribution in [1.29, 1.82) is 0 Å². The average molecular weight is 254 g/mol. The van der Waals surface area contributed by atoms with E-state index < -0.39 is 23.3 Å². The molecule has 0 aliphatic carbocycles. The van der Waals surface area contributed by atoms with Gasteiger partial charge in [-0.3, -0.25) is 0 Å². The molecule has 0 bridgehead atoms. The van der Waals surface area contributed by atoms with E-state index in [-0.39, 0.29) is 5.39 Å². The lowest BCUT2D eigenvalue weighted by Crippen LogP contribution is -2.14. The minimum atomic E-state index is -4.59. The molecular formula is C13H9F3O2. The Balaban J connectivity index is 2.84. The third-order valence-electron chi connectivity index (χ3n) is 2.62. The van der Waals surface area contributed by atoms with Crippen LogP contribution < -0.4 is 0 Å². The van der Waals surface area contributed by atoms with Crippen LogP contribution in [0.4, 0.5) is 13.2 Å². The van der Waals surface area contributed by atoms with Crippen molar-refractivity contribution in [1.82, 2.24) is 0 Å². The normalized spacial score (nSPS) is 11.6. The summed E-state index contributed by atoms with van der Waals surface area (Å²) in [5.74, 6) is -0.987. The second-order valence-corrected chi connectivity index (χ2v) is 3.70. The molecule has 2 aromatic carbocycles. The molecule has 0 aliphatic rings. The van der Waals surface area contributed by atoms with Crippen molar-refractivity contribution in [2.24, 2.45) is 0 Å². The molecule has 0 fully saturated rings. The van der Waals surface area contributed by atoms with Gasteiger partial charge in [0.1, 0.15) is 0 Å². The van der Waals surface area contributed by atoms with Crippen molar-refractivity contribution in [3.8, 4) is 0 Å².